The number of rotatable bonds is 2. The number of hydrogen-bond donors (Lipinski definition) is 1. The van der Waals surface area contributed by atoms with E-state index in [9.17, 15) is 4.79 Å². The predicted octanol–water partition coefficient (Wildman–Crippen LogP) is 0.805. The van der Waals surface area contributed by atoms with Crippen molar-refractivity contribution >= 4 is 0 Å². The molecule has 80 valence electrons. The lowest BCUT2D eigenvalue weighted by atomic mass is 10.2. The van der Waals surface area contributed by atoms with Crippen molar-refractivity contribution in [1.82, 2.24) is 9.55 Å². The Labute approximate surface area is 87.9 Å². The van der Waals surface area contributed by atoms with Crippen LogP contribution in [0.4, 0.5) is 0 Å². The van der Waals surface area contributed by atoms with Crippen LogP contribution in [-0.4, -0.2) is 21.3 Å². The zero-order valence-corrected chi connectivity index (χ0v) is 8.68. The highest BCUT2D eigenvalue weighted by Crippen LogP contribution is 2.26. The van der Waals surface area contributed by atoms with Gasteiger partial charge in [-0.05, 0) is 25.3 Å². The second-order valence-electron chi connectivity index (χ2n) is 3.86. The number of aryl methyl sites for hydroxylation is 1. The van der Waals surface area contributed by atoms with E-state index < -0.39 is 0 Å². The van der Waals surface area contributed by atoms with Gasteiger partial charge in [-0.3, -0.25) is 9.36 Å². The number of allylic oxidation sites excluding steroid dienone is 1. The number of aromatic nitrogens is 2. The second kappa shape index (κ2) is 3.98. The quantitative estimate of drug-likeness (QED) is 0.728. The van der Waals surface area contributed by atoms with Crippen LogP contribution in [-0.2, 0) is 0 Å². The van der Waals surface area contributed by atoms with Gasteiger partial charge in [-0.15, -0.1) is 0 Å². The van der Waals surface area contributed by atoms with Gasteiger partial charge in [0.1, 0.15) is 0 Å². The van der Waals surface area contributed by atoms with Gasteiger partial charge in [-0.2, -0.15) is 0 Å². The second-order valence-corrected chi connectivity index (χ2v) is 3.86. The van der Waals surface area contributed by atoms with Gasteiger partial charge in [0, 0.05) is 11.8 Å². The van der Waals surface area contributed by atoms with Crippen LogP contribution in [0, 0.1) is 6.92 Å². The molecule has 1 aromatic rings. The topological polar surface area (TPSA) is 55.1 Å². The lowest BCUT2D eigenvalue weighted by Gasteiger charge is -2.10. The first-order valence-electron chi connectivity index (χ1n) is 5.06. The first-order valence-corrected chi connectivity index (χ1v) is 5.06. The highest BCUT2D eigenvalue weighted by Gasteiger charge is 2.17. The molecular formula is C11H14N2O2. The van der Waals surface area contributed by atoms with Crippen molar-refractivity contribution < 1.29 is 5.11 Å². The Hall–Kier alpha value is -1.42. The molecule has 1 aromatic heterocycles. The molecule has 0 fully saturated rings. The standard InChI is InChI=1S/C11H14N2O2/c1-8-4-11(15)13(7-12-8)10-3-2-9(5-10)6-14/h4-5,7,10,14H,2-3,6H2,1H3. The fraction of sp³-hybridized carbons (Fsp3) is 0.455. The van der Waals surface area contributed by atoms with E-state index >= 15 is 0 Å². The van der Waals surface area contributed by atoms with E-state index in [0.717, 1.165) is 24.1 Å². The summed E-state index contributed by atoms with van der Waals surface area (Å²) in [5.74, 6) is 0. The Kier molecular flexibility index (Phi) is 2.68. The molecule has 1 N–H and O–H groups in total. The van der Waals surface area contributed by atoms with Crippen molar-refractivity contribution in [1.29, 1.82) is 0 Å². The van der Waals surface area contributed by atoms with Crippen LogP contribution in [0.15, 0.2) is 28.8 Å². The van der Waals surface area contributed by atoms with Crippen molar-refractivity contribution in [2.75, 3.05) is 6.61 Å². The Morgan fingerprint density at radius 1 is 1.67 bits per heavy atom. The van der Waals surface area contributed by atoms with E-state index in [4.69, 9.17) is 5.11 Å². The van der Waals surface area contributed by atoms with Crippen LogP contribution < -0.4 is 5.56 Å². The minimum Gasteiger partial charge on any atom is -0.392 e. The van der Waals surface area contributed by atoms with Crippen LogP contribution in [0.1, 0.15) is 24.6 Å². The van der Waals surface area contributed by atoms with Crippen molar-refractivity contribution in [3.05, 3.63) is 40.1 Å². The van der Waals surface area contributed by atoms with Gasteiger partial charge < -0.3 is 5.11 Å². The molecule has 1 atom stereocenters. The van der Waals surface area contributed by atoms with Crippen molar-refractivity contribution in [2.24, 2.45) is 0 Å². The molecular weight excluding hydrogens is 192 g/mol. The smallest absolute Gasteiger partial charge is 0.254 e. The maximum Gasteiger partial charge on any atom is 0.254 e. The monoisotopic (exact) mass is 206 g/mol. The van der Waals surface area contributed by atoms with Crippen LogP contribution in [0.2, 0.25) is 0 Å². The summed E-state index contributed by atoms with van der Waals surface area (Å²) in [7, 11) is 0. The molecule has 15 heavy (non-hydrogen) atoms. The normalized spacial score (nSPS) is 20.4. The molecule has 1 unspecified atom stereocenters. The highest BCUT2D eigenvalue weighted by atomic mass is 16.3. The van der Waals surface area contributed by atoms with E-state index in [1.54, 1.807) is 17.8 Å². The van der Waals surface area contributed by atoms with E-state index in [-0.39, 0.29) is 18.2 Å². The first-order chi connectivity index (χ1) is 7.20. The summed E-state index contributed by atoms with van der Waals surface area (Å²) < 4.78 is 1.62. The van der Waals surface area contributed by atoms with Gasteiger partial charge in [-0.1, -0.05) is 6.08 Å². The molecule has 0 aliphatic heterocycles. The van der Waals surface area contributed by atoms with E-state index in [1.165, 1.54) is 6.07 Å². The highest BCUT2D eigenvalue weighted by molar-refractivity contribution is 5.14. The summed E-state index contributed by atoms with van der Waals surface area (Å²) in [5, 5.41) is 8.97. The summed E-state index contributed by atoms with van der Waals surface area (Å²) in [4.78, 5) is 15.8. The van der Waals surface area contributed by atoms with Gasteiger partial charge in [0.25, 0.3) is 5.56 Å². The maximum atomic E-state index is 11.7. The summed E-state index contributed by atoms with van der Waals surface area (Å²) in [6, 6.07) is 1.60. The Morgan fingerprint density at radius 2 is 2.47 bits per heavy atom. The molecule has 0 radical (unpaired) electrons. The van der Waals surface area contributed by atoms with E-state index in [1.807, 2.05) is 6.08 Å². The van der Waals surface area contributed by atoms with E-state index in [0.29, 0.717) is 0 Å². The van der Waals surface area contributed by atoms with Crippen LogP contribution in [0.5, 0.6) is 0 Å². The molecule has 0 spiro atoms. The van der Waals surface area contributed by atoms with Crippen LogP contribution in [0.25, 0.3) is 0 Å². The Morgan fingerprint density at radius 3 is 3.07 bits per heavy atom. The number of aliphatic hydroxyl groups is 1. The van der Waals surface area contributed by atoms with Gasteiger partial charge in [0.15, 0.2) is 0 Å². The number of nitrogens with zero attached hydrogens (tertiary/aromatic N) is 2. The Balaban J connectivity index is 2.32. The number of aliphatic hydroxyl groups excluding tert-OH is 1. The van der Waals surface area contributed by atoms with Crippen molar-refractivity contribution in [2.45, 2.75) is 25.8 Å². The maximum absolute atomic E-state index is 11.7. The van der Waals surface area contributed by atoms with Crippen molar-refractivity contribution in [3.8, 4) is 0 Å². The number of hydrogen-bond acceptors (Lipinski definition) is 3. The van der Waals surface area contributed by atoms with Gasteiger partial charge >= 0.3 is 0 Å². The molecule has 0 aromatic carbocycles. The molecule has 0 saturated carbocycles. The fourth-order valence-corrected chi connectivity index (χ4v) is 1.87. The predicted molar refractivity (Wildman–Crippen MR) is 56.7 cm³/mol. The zero-order chi connectivity index (χ0) is 10.8. The lowest BCUT2D eigenvalue weighted by molar-refractivity contribution is 0.328. The summed E-state index contributed by atoms with van der Waals surface area (Å²) in [6.45, 7) is 1.89. The third-order valence-electron chi connectivity index (χ3n) is 2.72. The zero-order valence-electron chi connectivity index (χ0n) is 8.68. The molecule has 2 rings (SSSR count). The third-order valence-corrected chi connectivity index (χ3v) is 2.72. The van der Waals surface area contributed by atoms with E-state index in [2.05, 4.69) is 4.98 Å². The molecule has 1 aliphatic rings. The average molecular weight is 206 g/mol. The summed E-state index contributed by atoms with van der Waals surface area (Å²) in [5.41, 5.74) is 1.72. The van der Waals surface area contributed by atoms with Gasteiger partial charge in [0.2, 0.25) is 0 Å². The summed E-state index contributed by atoms with van der Waals surface area (Å²) in [6.07, 6.45) is 5.28. The molecule has 0 saturated heterocycles. The average Bonchev–Trinajstić information content (AvgIpc) is 2.66. The van der Waals surface area contributed by atoms with Crippen LogP contribution >= 0.6 is 0 Å². The lowest BCUT2D eigenvalue weighted by Crippen LogP contribution is -2.22. The SMILES string of the molecule is Cc1cc(=O)n(C2C=C(CO)CC2)cn1. The first kappa shape index (κ1) is 10.1. The largest absolute Gasteiger partial charge is 0.392 e. The molecule has 1 heterocycles. The van der Waals surface area contributed by atoms with Gasteiger partial charge in [0.05, 0.1) is 19.0 Å². The Bertz CT molecular complexity index is 448. The molecule has 1 aliphatic carbocycles. The minimum absolute atomic E-state index is 0.0251. The van der Waals surface area contributed by atoms with Gasteiger partial charge in [-0.25, -0.2) is 4.98 Å². The minimum atomic E-state index is -0.0251. The molecule has 4 heteroatoms. The summed E-state index contributed by atoms with van der Waals surface area (Å²) >= 11 is 0. The molecule has 0 amide bonds. The molecule has 0 bridgehead atoms. The fourth-order valence-electron chi connectivity index (χ4n) is 1.87. The third kappa shape index (κ3) is 1.99. The molecule has 4 nitrogen and oxygen atoms in total. The van der Waals surface area contributed by atoms with Crippen LogP contribution in [0.3, 0.4) is 0 Å². The van der Waals surface area contributed by atoms with Crippen molar-refractivity contribution in [3.63, 3.8) is 0 Å².